The smallest absolute Gasteiger partial charge is 0.414 e. The molecule has 0 aliphatic heterocycles. The molecule has 0 saturated heterocycles. The molecule has 0 saturated carbocycles. The van der Waals surface area contributed by atoms with Crippen molar-refractivity contribution in [1.82, 2.24) is 19.7 Å². The van der Waals surface area contributed by atoms with Crippen LogP contribution in [0.15, 0.2) is 18.6 Å². The van der Waals surface area contributed by atoms with Crippen molar-refractivity contribution in [3.8, 4) is 11.3 Å². The molecular weight excluding hydrogens is 272 g/mol. The van der Waals surface area contributed by atoms with Crippen LogP contribution in [-0.2, 0) is 11.8 Å². The molecule has 8 heteroatoms. The first-order valence-corrected chi connectivity index (χ1v) is 6.36. The van der Waals surface area contributed by atoms with Gasteiger partial charge in [0, 0.05) is 25.0 Å². The Balaban J connectivity index is 2.11. The Morgan fingerprint density at radius 3 is 2.38 bits per heavy atom. The van der Waals surface area contributed by atoms with Gasteiger partial charge in [-0.3, -0.25) is 10.00 Å². The van der Waals surface area contributed by atoms with Gasteiger partial charge in [0.2, 0.25) is 5.95 Å². The van der Waals surface area contributed by atoms with Crippen molar-refractivity contribution in [2.75, 3.05) is 11.1 Å². The summed E-state index contributed by atoms with van der Waals surface area (Å²) in [6, 6.07) is 0. The van der Waals surface area contributed by atoms with Gasteiger partial charge < -0.3 is 10.5 Å². The molecule has 0 aliphatic carbocycles. The van der Waals surface area contributed by atoms with E-state index < -0.39 is 11.7 Å². The predicted octanol–water partition coefficient (Wildman–Crippen LogP) is 1.81. The van der Waals surface area contributed by atoms with Gasteiger partial charge in [-0.1, -0.05) is 0 Å². The standard InChI is InChI=1S/C13H18N6O2/c1-13(2,3)21-12(20)18-11-15-5-8(6-16-11)10-9(14)7-17-19(10)4/h5-7H,14H2,1-4H3,(H,15,16,18,20). The van der Waals surface area contributed by atoms with E-state index in [4.69, 9.17) is 10.5 Å². The van der Waals surface area contributed by atoms with Gasteiger partial charge in [-0.05, 0) is 20.8 Å². The molecule has 0 fully saturated rings. The number of aromatic nitrogens is 4. The van der Waals surface area contributed by atoms with Crippen LogP contribution in [-0.4, -0.2) is 31.4 Å². The predicted molar refractivity (Wildman–Crippen MR) is 78.5 cm³/mol. The first-order chi connectivity index (χ1) is 9.76. The normalized spacial score (nSPS) is 11.2. The highest BCUT2D eigenvalue weighted by Crippen LogP contribution is 2.23. The molecule has 0 unspecified atom stereocenters. The highest BCUT2D eigenvalue weighted by molar-refractivity contribution is 5.82. The molecule has 0 aromatic carbocycles. The lowest BCUT2D eigenvalue weighted by Crippen LogP contribution is -2.27. The largest absolute Gasteiger partial charge is 0.444 e. The molecular formula is C13H18N6O2. The highest BCUT2D eigenvalue weighted by Gasteiger charge is 2.17. The van der Waals surface area contributed by atoms with Gasteiger partial charge in [0.1, 0.15) is 5.60 Å². The lowest BCUT2D eigenvalue weighted by molar-refractivity contribution is 0.0634. The van der Waals surface area contributed by atoms with Gasteiger partial charge >= 0.3 is 6.09 Å². The molecule has 0 bridgehead atoms. The van der Waals surface area contributed by atoms with Crippen molar-refractivity contribution in [1.29, 1.82) is 0 Å². The summed E-state index contributed by atoms with van der Waals surface area (Å²) >= 11 is 0. The number of rotatable bonds is 2. The number of carbonyl (C=O) groups excluding carboxylic acids is 1. The molecule has 2 aromatic heterocycles. The number of carbonyl (C=O) groups is 1. The summed E-state index contributed by atoms with van der Waals surface area (Å²) < 4.78 is 6.75. The van der Waals surface area contributed by atoms with Crippen LogP contribution < -0.4 is 11.1 Å². The molecule has 2 aromatic rings. The average molecular weight is 290 g/mol. The van der Waals surface area contributed by atoms with Crippen LogP contribution in [0, 0.1) is 0 Å². The van der Waals surface area contributed by atoms with Gasteiger partial charge in [-0.25, -0.2) is 14.8 Å². The number of amides is 1. The molecule has 21 heavy (non-hydrogen) atoms. The molecule has 112 valence electrons. The zero-order valence-corrected chi connectivity index (χ0v) is 12.4. The lowest BCUT2D eigenvalue weighted by Gasteiger charge is -2.19. The fraction of sp³-hybridized carbons (Fsp3) is 0.385. The average Bonchev–Trinajstić information content (AvgIpc) is 2.68. The minimum atomic E-state index is -0.602. The Morgan fingerprint density at radius 2 is 1.90 bits per heavy atom. The van der Waals surface area contributed by atoms with E-state index in [1.807, 2.05) is 0 Å². The summed E-state index contributed by atoms with van der Waals surface area (Å²) in [7, 11) is 1.78. The van der Waals surface area contributed by atoms with Crippen LogP contribution in [0.1, 0.15) is 20.8 Å². The Kier molecular flexibility index (Phi) is 3.79. The number of nitrogen functional groups attached to an aromatic ring is 1. The fourth-order valence-corrected chi connectivity index (χ4v) is 1.72. The number of anilines is 2. The number of hydrogen-bond donors (Lipinski definition) is 2. The third-order valence-electron chi connectivity index (χ3n) is 2.51. The molecule has 1 amide bonds. The van der Waals surface area contributed by atoms with Gasteiger partial charge in [0.25, 0.3) is 0 Å². The molecule has 0 radical (unpaired) electrons. The fourth-order valence-electron chi connectivity index (χ4n) is 1.72. The van der Waals surface area contributed by atoms with Crippen molar-refractivity contribution >= 4 is 17.7 Å². The van der Waals surface area contributed by atoms with E-state index in [2.05, 4.69) is 20.4 Å². The zero-order valence-electron chi connectivity index (χ0n) is 12.4. The lowest BCUT2D eigenvalue weighted by atomic mass is 10.2. The summed E-state index contributed by atoms with van der Waals surface area (Å²) in [6.07, 6.45) is 4.08. The quantitative estimate of drug-likeness (QED) is 0.873. The summed E-state index contributed by atoms with van der Waals surface area (Å²) in [5.41, 5.74) is 7.22. The summed E-state index contributed by atoms with van der Waals surface area (Å²) in [5, 5.41) is 6.51. The number of hydrogen-bond acceptors (Lipinski definition) is 6. The Hall–Kier alpha value is -2.64. The number of nitrogens with one attached hydrogen (secondary N) is 1. The molecule has 0 atom stereocenters. The van der Waals surface area contributed by atoms with E-state index in [0.29, 0.717) is 11.3 Å². The number of aryl methyl sites for hydroxylation is 1. The second-order valence-electron chi connectivity index (χ2n) is 5.49. The van der Waals surface area contributed by atoms with Crippen molar-refractivity contribution < 1.29 is 9.53 Å². The van der Waals surface area contributed by atoms with Crippen molar-refractivity contribution in [2.45, 2.75) is 26.4 Å². The third kappa shape index (κ3) is 3.68. The SMILES string of the molecule is Cn1ncc(N)c1-c1cnc(NC(=O)OC(C)(C)C)nc1. The molecule has 2 rings (SSSR count). The Bertz CT molecular complexity index is 622. The molecule has 2 heterocycles. The van der Waals surface area contributed by atoms with Crippen LogP contribution in [0.2, 0.25) is 0 Å². The topological polar surface area (TPSA) is 108 Å². The molecule has 8 nitrogen and oxygen atoms in total. The summed E-state index contributed by atoms with van der Waals surface area (Å²) in [4.78, 5) is 19.7. The highest BCUT2D eigenvalue weighted by atomic mass is 16.6. The summed E-state index contributed by atoms with van der Waals surface area (Å²) in [5.74, 6) is 0.161. The first-order valence-electron chi connectivity index (χ1n) is 6.36. The van der Waals surface area contributed by atoms with Crippen molar-refractivity contribution in [3.63, 3.8) is 0 Å². The summed E-state index contributed by atoms with van der Waals surface area (Å²) in [6.45, 7) is 5.34. The first kappa shape index (κ1) is 14.8. The van der Waals surface area contributed by atoms with Crippen LogP contribution >= 0.6 is 0 Å². The van der Waals surface area contributed by atoms with Crippen LogP contribution in [0.25, 0.3) is 11.3 Å². The number of nitrogens with zero attached hydrogens (tertiary/aromatic N) is 4. The van der Waals surface area contributed by atoms with E-state index in [0.717, 1.165) is 5.69 Å². The van der Waals surface area contributed by atoms with E-state index >= 15 is 0 Å². The second kappa shape index (κ2) is 5.39. The van der Waals surface area contributed by atoms with E-state index in [-0.39, 0.29) is 5.95 Å². The minimum Gasteiger partial charge on any atom is -0.444 e. The minimum absolute atomic E-state index is 0.161. The van der Waals surface area contributed by atoms with Crippen molar-refractivity contribution in [3.05, 3.63) is 18.6 Å². The maximum atomic E-state index is 11.6. The van der Waals surface area contributed by atoms with E-state index in [1.165, 1.54) is 0 Å². The second-order valence-corrected chi connectivity index (χ2v) is 5.49. The molecule has 3 N–H and O–H groups in total. The van der Waals surface area contributed by atoms with E-state index in [1.54, 1.807) is 51.1 Å². The monoisotopic (exact) mass is 290 g/mol. The maximum Gasteiger partial charge on any atom is 0.414 e. The maximum absolute atomic E-state index is 11.6. The Morgan fingerprint density at radius 1 is 1.29 bits per heavy atom. The van der Waals surface area contributed by atoms with Crippen LogP contribution in [0.4, 0.5) is 16.4 Å². The third-order valence-corrected chi connectivity index (χ3v) is 2.51. The van der Waals surface area contributed by atoms with E-state index in [9.17, 15) is 4.79 Å². The van der Waals surface area contributed by atoms with Gasteiger partial charge in [-0.2, -0.15) is 5.10 Å². The molecule has 0 spiro atoms. The van der Waals surface area contributed by atoms with Crippen molar-refractivity contribution in [2.24, 2.45) is 7.05 Å². The van der Waals surface area contributed by atoms with Gasteiger partial charge in [0.05, 0.1) is 17.6 Å². The van der Waals surface area contributed by atoms with Gasteiger partial charge in [0.15, 0.2) is 0 Å². The Labute approximate surface area is 122 Å². The van der Waals surface area contributed by atoms with Crippen LogP contribution in [0.3, 0.4) is 0 Å². The van der Waals surface area contributed by atoms with Crippen LogP contribution in [0.5, 0.6) is 0 Å². The molecule has 0 aliphatic rings. The number of nitrogens with two attached hydrogens (primary N) is 1. The number of ether oxygens (including phenoxy) is 1. The zero-order chi connectivity index (χ0) is 15.6. The van der Waals surface area contributed by atoms with Gasteiger partial charge in [-0.15, -0.1) is 0 Å².